The topological polar surface area (TPSA) is 30.2 Å². The zero-order valence-electron chi connectivity index (χ0n) is 5.15. The number of carbonyl (C=O) groups is 1. The van der Waals surface area contributed by atoms with Gasteiger partial charge in [-0.1, -0.05) is 0 Å². The summed E-state index contributed by atoms with van der Waals surface area (Å²) in [5, 5.41) is 0. The van der Waals surface area contributed by atoms with Crippen LogP contribution in [0, 0.1) is 11.8 Å². The first kappa shape index (κ1) is 6.92. The molecule has 4 heteroatoms. The van der Waals surface area contributed by atoms with Gasteiger partial charge in [0.1, 0.15) is 11.8 Å². The molecule has 0 atom stereocenters. The zero-order chi connectivity index (χ0) is 7.72. The first-order valence-corrected chi connectivity index (χ1v) is 2.56. The van der Waals surface area contributed by atoms with Crippen molar-refractivity contribution in [2.45, 2.75) is 6.92 Å². The molecule has 1 heterocycles. The molecule has 1 aromatic heterocycles. The van der Waals surface area contributed by atoms with Crippen LogP contribution in [0.5, 0.6) is 0 Å². The number of rotatable bonds is 1. The lowest BCUT2D eigenvalue weighted by Gasteiger charge is -1.85. The molecular weight excluding hydrogens is 142 g/mol. The van der Waals surface area contributed by atoms with Gasteiger partial charge in [0, 0.05) is 0 Å². The number of ketones is 1. The molecule has 54 valence electrons. The number of hydrogen-bond donors (Lipinski definition) is 0. The molecule has 0 aliphatic heterocycles. The maximum absolute atomic E-state index is 12.3. The molecule has 0 radical (unpaired) electrons. The first-order valence-electron chi connectivity index (χ1n) is 2.56. The van der Waals surface area contributed by atoms with Crippen molar-refractivity contribution in [1.82, 2.24) is 0 Å². The summed E-state index contributed by atoms with van der Waals surface area (Å²) in [6.07, 6.45) is 0.562. The minimum Gasteiger partial charge on any atom is -0.436 e. The van der Waals surface area contributed by atoms with Crippen molar-refractivity contribution in [3.63, 3.8) is 0 Å². The number of carbonyl (C=O) groups excluding carboxylic acids is 1. The molecule has 0 aromatic carbocycles. The molecule has 0 saturated heterocycles. The Morgan fingerprint density at radius 1 is 1.60 bits per heavy atom. The minimum atomic E-state index is -1.16. The van der Waals surface area contributed by atoms with Gasteiger partial charge >= 0.3 is 0 Å². The van der Waals surface area contributed by atoms with Gasteiger partial charge in [0.25, 0.3) is 6.01 Å². The van der Waals surface area contributed by atoms with Crippen LogP contribution in [0.3, 0.4) is 0 Å². The van der Waals surface area contributed by atoms with Crippen molar-refractivity contribution in [2.75, 3.05) is 0 Å². The molecule has 0 bridgehead atoms. The Balaban J connectivity index is 3.23. The highest BCUT2D eigenvalue weighted by molar-refractivity contribution is 5.94. The van der Waals surface area contributed by atoms with Crippen molar-refractivity contribution < 1.29 is 18.0 Å². The van der Waals surface area contributed by atoms with E-state index >= 15 is 0 Å². The molecule has 0 spiro atoms. The van der Waals surface area contributed by atoms with E-state index < -0.39 is 23.2 Å². The Morgan fingerprint density at radius 3 is 2.40 bits per heavy atom. The second-order valence-corrected chi connectivity index (χ2v) is 1.79. The van der Waals surface area contributed by atoms with Crippen molar-refractivity contribution in [1.29, 1.82) is 0 Å². The van der Waals surface area contributed by atoms with Gasteiger partial charge in [-0.2, -0.15) is 4.39 Å². The van der Waals surface area contributed by atoms with Crippen LogP contribution in [0.2, 0.25) is 0 Å². The van der Waals surface area contributed by atoms with Gasteiger partial charge in [-0.15, -0.1) is 0 Å². The monoisotopic (exact) mass is 146 g/mol. The van der Waals surface area contributed by atoms with E-state index in [1.807, 2.05) is 0 Å². The van der Waals surface area contributed by atoms with Crippen molar-refractivity contribution >= 4 is 5.78 Å². The Kier molecular flexibility index (Phi) is 1.53. The van der Waals surface area contributed by atoms with Crippen LogP contribution in [0.4, 0.5) is 8.78 Å². The van der Waals surface area contributed by atoms with E-state index in [-0.39, 0.29) is 0 Å². The van der Waals surface area contributed by atoms with E-state index in [0.717, 1.165) is 6.92 Å². The smallest absolute Gasteiger partial charge is 0.291 e. The summed E-state index contributed by atoms with van der Waals surface area (Å²) in [7, 11) is 0. The van der Waals surface area contributed by atoms with Gasteiger partial charge in [0.15, 0.2) is 11.6 Å². The summed E-state index contributed by atoms with van der Waals surface area (Å²) in [5.74, 6) is -1.63. The number of Topliss-reactive ketones (excluding diaryl/α,β-unsaturated/α-hetero) is 1. The average molecular weight is 146 g/mol. The van der Waals surface area contributed by atoms with Crippen LogP contribution in [-0.2, 0) is 0 Å². The van der Waals surface area contributed by atoms with Crippen LogP contribution in [0.25, 0.3) is 0 Å². The van der Waals surface area contributed by atoms with Gasteiger partial charge in [0.05, 0.1) is 0 Å². The number of halogens is 2. The predicted molar refractivity (Wildman–Crippen MR) is 28.6 cm³/mol. The minimum absolute atomic E-state index is 0.562. The van der Waals surface area contributed by atoms with Crippen LogP contribution < -0.4 is 0 Å². The summed E-state index contributed by atoms with van der Waals surface area (Å²) in [6, 6.07) is -1.16. The second kappa shape index (κ2) is 2.21. The van der Waals surface area contributed by atoms with E-state index in [4.69, 9.17) is 0 Å². The maximum atomic E-state index is 12.3. The molecule has 0 aliphatic carbocycles. The van der Waals surface area contributed by atoms with Gasteiger partial charge in [0.2, 0.25) is 0 Å². The SMILES string of the molecule is CC(=O)c1c(F)coc1F. The fourth-order valence-corrected chi connectivity index (χ4v) is 0.622. The molecule has 0 amide bonds. The lowest BCUT2D eigenvalue weighted by Crippen LogP contribution is -1.95. The number of hydrogen-bond acceptors (Lipinski definition) is 2. The Bertz CT molecular complexity index is 245. The summed E-state index contributed by atoms with van der Waals surface area (Å²) in [6.45, 7) is 1.07. The standard InChI is InChI=1S/C6H4F2O2/c1-3(9)5-4(7)2-10-6(5)8/h2H,1H3. The molecule has 0 fully saturated rings. The molecule has 1 aromatic rings. The summed E-state index contributed by atoms with van der Waals surface area (Å²) in [5.41, 5.74) is -0.611. The van der Waals surface area contributed by atoms with E-state index in [1.165, 1.54) is 0 Å². The van der Waals surface area contributed by atoms with E-state index in [0.29, 0.717) is 6.26 Å². The third kappa shape index (κ3) is 0.920. The van der Waals surface area contributed by atoms with Gasteiger partial charge in [-0.05, 0) is 6.92 Å². The predicted octanol–water partition coefficient (Wildman–Crippen LogP) is 1.76. The van der Waals surface area contributed by atoms with Crippen LogP contribution >= 0.6 is 0 Å². The van der Waals surface area contributed by atoms with Crippen molar-refractivity contribution in [2.24, 2.45) is 0 Å². The molecule has 2 nitrogen and oxygen atoms in total. The molecule has 10 heavy (non-hydrogen) atoms. The lowest BCUT2D eigenvalue weighted by molar-refractivity contribution is 0.100. The molecule has 0 saturated carbocycles. The first-order chi connectivity index (χ1) is 4.63. The third-order valence-electron chi connectivity index (χ3n) is 1.05. The summed E-state index contributed by atoms with van der Waals surface area (Å²) >= 11 is 0. The van der Waals surface area contributed by atoms with E-state index in [1.54, 1.807) is 0 Å². The Labute approximate surface area is 55.4 Å². The van der Waals surface area contributed by atoms with E-state index in [9.17, 15) is 13.6 Å². The third-order valence-corrected chi connectivity index (χ3v) is 1.05. The Morgan fingerprint density at radius 2 is 2.20 bits per heavy atom. The highest BCUT2D eigenvalue weighted by Gasteiger charge is 2.16. The Hall–Kier alpha value is -1.19. The largest absolute Gasteiger partial charge is 0.436 e. The summed E-state index contributed by atoms with van der Waals surface area (Å²) in [4.78, 5) is 10.4. The van der Waals surface area contributed by atoms with Crippen LogP contribution in [0.1, 0.15) is 17.3 Å². The van der Waals surface area contributed by atoms with Gasteiger partial charge < -0.3 is 4.42 Å². The lowest BCUT2D eigenvalue weighted by atomic mass is 10.2. The molecule has 0 aliphatic rings. The molecule has 0 N–H and O–H groups in total. The number of furan rings is 1. The average Bonchev–Trinajstić information content (AvgIpc) is 2.11. The quantitative estimate of drug-likeness (QED) is 0.565. The van der Waals surface area contributed by atoms with E-state index in [2.05, 4.69) is 4.42 Å². The van der Waals surface area contributed by atoms with Crippen molar-refractivity contribution in [3.8, 4) is 0 Å². The second-order valence-electron chi connectivity index (χ2n) is 1.79. The maximum Gasteiger partial charge on any atom is 0.291 e. The molecule has 1 rings (SSSR count). The highest BCUT2D eigenvalue weighted by atomic mass is 19.1. The highest BCUT2D eigenvalue weighted by Crippen LogP contribution is 2.13. The normalized spacial score (nSPS) is 9.90. The van der Waals surface area contributed by atoms with Crippen LogP contribution in [-0.4, -0.2) is 5.78 Å². The summed E-state index contributed by atoms with van der Waals surface area (Å²) < 4.78 is 28.5. The molecule has 0 unspecified atom stereocenters. The van der Waals surface area contributed by atoms with Gasteiger partial charge in [-0.3, -0.25) is 4.79 Å². The van der Waals surface area contributed by atoms with Gasteiger partial charge in [-0.25, -0.2) is 4.39 Å². The fraction of sp³-hybridized carbons (Fsp3) is 0.167. The molecular formula is C6H4F2O2. The van der Waals surface area contributed by atoms with Crippen molar-refractivity contribution in [3.05, 3.63) is 23.7 Å². The fourth-order valence-electron chi connectivity index (χ4n) is 0.622. The zero-order valence-corrected chi connectivity index (χ0v) is 5.15. The van der Waals surface area contributed by atoms with Crippen LogP contribution in [0.15, 0.2) is 10.7 Å².